The van der Waals surface area contributed by atoms with Crippen molar-refractivity contribution < 1.29 is 4.79 Å². The predicted molar refractivity (Wildman–Crippen MR) is 64.4 cm³/mol. The SMILES string of the molecule is C#CC(C)NC(=O)CC(N)c1ccccc1. The van der Waals surface area contributed by atoms with Crippen molar-refractivity contribution in [3.05, 3.63) is 35.9 Å². The summed E-state index contributed by atoms with van der Waals surface area (Å²) in [5, 5.41) is 2.68. The van der Waals surface area contributed by atoms with Gasteiger partial charge >= 0.3 is 0 Å². The van der Waals surface area contributed by atoms with Gasteiger partial charge in [0.2, 0.25) is 5.91 Å². The summed E-state index contributed by atoms with van der Waals surface area (Å²) < 4.78 is 0. The van der Waals surface area contributed by atoms with E-state index in [1.54, 1.807) is 6.92 Å². The first-order chi connectivity index (χ1) is 7.63. The van der Waals surface area contributed by atoms with Crippen LogP contribution in [0.4, 0.5) is 0 Å². The zero-order valence-corrected chi connectivity index (χ0v) is 9.31. The van der Waals surface area contributed by atoms with Gasteiger partial charge in [0.1, 0.15) is 0 Å². The standard InChI is InChI=1S/C13H16N2O/c1-3-10(2)15-13(16)9-12(14)11-7-5-4-6-8-11/h1,4-8,10,12H,9,14H2,2H3,(H,15,16). The van der Waals surface area contributed by atoms with Crippen molar-refractivity contribution in [3.63, 3.8) is 0 Å². The molecule has 2 unspecified atom stereocenters. The van der Waals surface area contributed by atoms with E-state index in [1.807, 2.05) is 30.3 Å². The Kier molecular flexibility index (Phi) is 4.56. The van der Waals surface area contributed by atoms with Crippen LogP contribution in [0.2, 0.25) is 0 Å². The largest absolute Gasteiger partial charge is 0.343 e. The number of nitrogens with one attached hydrogen (secondary N) is 1. The minimum absolute atomic E-state index is 0.123. The third-order valence-electron chi connectivity index (χ3n) is 2.26. The maximum atomic E-state index is 11.5. The number of benzene rings is 1. The van der Waals surface area contributed by atoms with Gasteiger partial charge in [0.25, 0.3) is 0 Å². The minimum Gasteiger partial charge on any atom is -0.343 e. The van der Waals surface area contributed by atoms with Crippen LogP contribution < -0.4 is 11.1 Å². The van der Waals surface area contributed by atoms with E-state index in [0.717, 1.165) is 5.56 Å². The van der Waals surface area contributed by atoms with E-state index in [9.17, 15) is 4.79 Å². The van der Waals surface area contributed by atoms with Crippen LogP contribution in [0.1, 0.15) is 24.9 Å². The molecule has 0 aromatic heterocycles. The normalized spacial score (nSPS) is 13.6. The number of terminal acetylenes is 1. The molecule has 0 heterocycles. The molecule has 3 heteroatoms. The van der Waals surface area contributed by atoms with Gasteiger partial charge in [-0.3, -0.25) is 4.79 Å². The van der Waals surface area contributed by atoms with Crippen LogP contribution >= 0.6 is 0 Å². The van der Waals surface area contributed by atoms with Gasteiger partial charge in [-0.25, -0.2) is 0 Å². The highest BCUT2D eigenvalue weighted by Gasteiger charge is 2.12. The maximum Gasteiger partial charge on any atom is 0.222 e. The molecule has 1 rings (SSSR count). The average molecular weight is 216 g/mol. The Hall–Kier alpha value is -1.79. The fourth-order valence-electron chi connectivity index (χ4n) is 1.36. The van der Waals surface area contributed by atoms with Gasteiger partial charge in [0.15, 0.2) is 0 Å². The number of hydrogen-bond donors (Lipinski definition) is 2. The van der Waals surface area contributed by atoms with Crippen molar-refractivity contribution >= 4 is 5.91 Å². The molecule has 0 fully saturated rings. The van der Waals surface area contributed by atoms with Crippen LogP contribution in [-0.2, 0) is 4.79 Å². The van der Waals surface area contributed by atoms with Crippen molar-refractivity contribution in [2.75, 3.05) is 0 Å². The Morgan fingerprint density at radius 2 is 2.12 bits per heavy atom. The second-order valence-corrected chi connectivity index (χ2v) is 3.68. The smallest absolute Gasteiger partial charge is 0.222 e. The van der Waals surface area contributed by atoms with Gasteiger partial charge in [0.05, 0.1) is 6.04 Å². The molecule has 0 aliphatic heterocycles. The molecule has 0 spiro atoms. The van der Waals surface area contributed by atoms with Gasteiger partial charge in [-0.2, -0.15) is 0 Å². The molecule has 0 bridgehead atoms. The van der Waals surface area contributed by atoms with Crippen LogP contribution in [0.3, 0.4) is 0 Å². The molecule has 0 aliphatic carbocycles. The number of carbonyl (C=O) groups excluding carboxylic acids is 1. The lowest BCUT2D eigenvalue weighted by atomic mass is 10.0. The van der Waals surface area contributed by atoms with E-state index < -0.39 is 0 Å². The zero-order chi connectivity index (χ0) is 12.0. The van der Waals surface area contributed by atoms with E-state index >= 15 is 0 Å². The fraction of sp³-hybridized carbons (Fsp3) is 0.308. The molecule has 16 heavy (non-hydrogen) atoms. The Morgan fingerprint density at radius 3 is 2.69 bits per heavy atom. The minimum atomic E-state index is -0.286. The summed E-state index contributed by atoms with van der Waals surface area (Å²) in [6.45, 7) is 1.76. The molecule has 3 N–H and O–H groups in total. The van der Waals surface area contributed by atoms with Gasteiger partial charge in [-0.1, -0.05) is 36.3 Å². The molecule has 1 amide bonds. The molecular formula is C13H16N2O. The van der Waals surface area contributed by atoms with Crippen LogP contribution in [0.25, 0.3) is 0 Å². The number of amides is 1. The van der Waals surface area contributed by atoms with Crippen molar-refractivity contribution in [1.29, 1.82) is 0 Å². The predicted octanol–water partition coefficient (Wildman–Crippen LogP) is 1.21. The molecule has 2 atom stereocenters. The first-order valence-electron chi connectivity index (χ1n) is 5.19. The van der Waals surface area contributed by atoms with Gasteiger partial charge in [-0.15, -0.1) is 6.42 Å². The summed E-state index contributed by atoms with van der Waals surface area (Å²) >= 11 is 0. The first kappa shape index (κ1) is 12.3. The Bertz CT molecular complexity index is 381. The lowest BCUT2D eigenvalue weighted by molar-refractivity contribution is -0.121. The van der Waals surface area contributed by atoms with Crippen LogP contribution in [0.5, 0.6) is 0 Å². The summed E-state index contributed by atoms with van der Waals surface area (Å²) in [4.78, 5) is 11.5. The number of nitrogens with two attached hydrogens (primary N) is 1. The van der Waals surface area contributed by atoms with Crippen molar-refractivity contribution in [3.8, 4) is 12.3 Å². The third-order valence-corrected chi connectivity index (χ3v) is 2.26. The second kappa shape index (κ2) is 5.94. The van der Waals surface area contributed by atoms with Gasteiger partial charge in [0, 0.05) is 12.5 Å². The summed E-state index contributed by atoms with van der Waals surface area (Å²) in [6.07, 6.45) is 5.41. The van der Waals surface area contributed by atoms with E-state index in [-0.39, 0.29) is 24.4 Å². The number of rotatable bonds is 4. The lowest BCUT2D eigenvalue weighted by Gasteiger charge is -2.13. The molecule has 0 radical (unpaired) electrons. The molecule has 84 valence electrons. The third kappa shape index (κ3) is 3.76. The molecule has 1 aromatic carbocycles. The molecule has 3 nitrogen and oxygen atoms in total. The number of hydrogen-bond acceptors (Lipinski definition) is 2. The van der Waals surface area contributed by atoms with Gasteiger partial charge < -0.3 is 11.1 Å². The van der Waals surface area contributed by atoms with Crippen LogP contribution in [0, 0.1) is 12.3 Å². The molecular weight excluding hydrogens is 200 g/mol. The van der Waals surface area contributed by atoms with E-state index in [2.05, 4.69) is 11.2 Å². The Morgan fingerprint density at radius 1 is 1.50 bits per heavy atom. The summed E-state index contributed by atoms with van der Waals surface area (Å²) in [7, 11) is 0. The zero-order valence-electron chi connectivity index (χ0n) is 9.31. The highest BCUT2D eigenvalue weighted by atomic mass is 16.1. The summed E-state index contributed by atoms with van der Waals surface area (Å²) in [6, 6.07) is 8.98. The average Bonchev–Trinajstić information content (AvgIpc) is 2.29. The van der Waals surface area contributed by atoms with Gasteiger partial charge in [-0.05, 0) is 12.5 Å². The molecule has 1 aromatic rings. The second-order valence-electron chi connectivity index (χ2n) is 3.68. The Balaban J connectivity index is 2.50. The monoisotopic (exact) mass is 216 g/mol. The van der Waals surface area contributed by atoms with Crippen molar-refractivity contribution in [2.24, 2.45) is 5.73 Å². The fourth-order valence-corrected chi connectivity index (χ4v) is 1.36. The summed E-state index contributed by atoms with van der Waals surface area (Å²) in [5.74, 6) is 2.31. The summed E-state index contributed by atoms with van der Waals surface area (Å²) in [5.41, 5.74) is 6.85. The van der Waals surface area contributed by atoms with Crippen LogP contribution in [0.15, 0.2) is 30.3 Å². The highest BCUT2D eigenvalue weighted by Crippen LogP contribution is 2.12. The quantitative estimate of drug-likeness (QED) is 0.743. The molecule has 0 aliphatic rings. The van der Waals surface area contributed by atoms with Crippen LogP contribution in [-0.4, -0.2) is 11.9 Å². The highest BCUT2D eigenvalue weighted by molar-refractivity contribution is 5.77. The van der Waals surface area contributed by atoms with E-state index in [4.69, 9.17) is 12.2 Å². The van der Waals surface area contributed by atoms with Crippen molar-refractivity contribution in [1.82, 2.24) is 5.32 Å². The Labute approximate surface area is 96.0 Å². The van der Waals surface area contributed by atoms with E-state index in [0.29, 0.717) is 0 Å². The van der Waals surface area contributed by atoms with Crippen molar-refractivity contribution in [2.45, 2.75) is 25.4 Å². The lowest BCUT2D eigenvalue weighted by Crippen LogP contribution is -2.33. The maximum absolute atomic E-state index is 11.5. The van der Waals surface area contributed by atoms with E-state index in [1.165, 1.54) is 0 Å². The number of carbonyl (C=O) groups is 1. The molecule has 0 saturated carbocycles. The topological polar surface area (TPSA) is 55.1 Å². The first-order valence-corrected chi connectivity index (χ1v) is 5.19. The molecule has 0 saturated heterocycles.